The Hall–Kier alpha value is -3.12. The lowest BCUT2D eigenvalue weighted by Gasteiger charge is -2.08. The normalized spacial score (nSPS) is 10.5. The first-order valence-electron chi connectivity index (χ1n) is 8.99. The first kappa shape index (κ1) is 19.6. The average molecular weight is 397 g/mol. The number of amides is 2. The van der Waals surface area contributed by atoms with Gasteiger partial charge in [0.25, 0.3) is 11.8 Å². The van der Waals surface area contributed by atoms with Crippen molar-refractivity contribution >= 4 is 29.1 Å². The van der Waals surface area contributed by atoms with E-state index in [1.165, 1.54) is 6.20 Å². The molecule has 2 aromatic carbocycles. The molecule has 0 radical (unpaired) electrons. The highest BCUT2D eigenvalue weighted by molar-refractivity contribution is 6.34. The van der Waals surface area contributed by atoms with E-state index in [4.69, 9.17) is 11.6 Å². The molecule has 2 N–H and O–H groups in total. The molecular weight excluding hydrogens is 376 g/mol. The van der Waals surface area contributed by atoms with E-state index in [1.54, 1.807) is 29.1 Å². The smallest absolute Gasteiger partial charge is 0.258 e. The van der Waals surface area contributed by atoms with Crippen molar-refractivity contribution in [3.05, 3.63) is 76.6 Å². The second-order valence-corrected chi connectivity index (χ2v) is 6.77. The molecule has 0 aliphatic rings. The Morgan fingerprint density at radius 2 is 1.93 bits per heavy atom. The van der Waals surface area contributed by atoms with Crippen LogP contribution in [0.15, 0.2) is 54.9 Å². The van der Waals surface area contributed by atoms with Crippen LogP contribution in [0.1, 0.15) is 39.6 Å². The van der Waals surface area contributed by atoms with Crippen LogP contribution in [-0.4, -0.2) is 28.1 Å². The minimum atomic E-state index is -0.306. The van der Waals surface area contributed by atoms with Crippen molar-refractivity contribution in [3.8, 4) is 5.69 Å². The standard InChI is InChI=1S/C21H21ClN4O2/c1-3-10-23-21(28)17-9-8-16(11-18(17)22)25-20(27)15-12-24-26(13-15)19-7-5-4-6-14(19)2/h4-9,11-13H,3,10H2,1-2H3,(H,23,28)(H,25,27). The zero-order valence-corrected chi connectivity index (χ0v) is 16.5. The monoisotopic (exact) mass is 396 g/mol. The number of nitrogens with one attached hydrogen (secondary N) is 2. The number of nitrogens with zero attached hydrogens (tertiary/aromatic N) is 2. The molecule has 3 rings (SSSR count). The molecule has 0 aliphatic carbocycles. The van der Waals surface area contributed by atoms with Gasteiger partial charge in [-0.15, -0.1) is 0 Å². The number of carbonyl (C=O) groups is 2. The Labute approximate surface area is 168 Å². The van der Waals surface area contributed by atoms with Crippen LogP contribution in [0.2, 0.25) is 5.02 Å². The van der Waals surface area contributed by atoms with E-state index in [1.807, 2.05) is 38.1 Å². The Balaban J connectivity index is 1.72. The summed E-state index contributed by atoms with van der Waals surface area (Å²) in [6.45, 7) is 4.54. The molecule has 0 unspecified atom stereocenters. The maximum Gasteiger partial charge on any atom is 0.258 e. The number of hydrogen-bond donors (Lipinski definition) is 2. The summed E-state index contributed by atoms with van der Waals surface area (Å²) in [5.41, 5.74) is 3.27. The van der Waals surface area contributed by atoms with Crippen LogP contribution in [0.3, 0.4) is 0 Å². The first-order valence-corrected chi connectivity index (χ1v) is 9.37. The van der Waals surface area contributed by atoms with E-state index in [0.29, 0.717) is 23.4 Å². The fourth-order valence-electron chi connectivity index (χ4n) is 2.71. The number of halogens is 1. The summed E-state index contributed by atoms with van der Waals surface area (Å²) in [7, 11) is 0. The third-order valence-corrected chi connectivity index (χ3v) is 4.53. The topological polar surface area (TPSA) is 76.0 Å². The molecular formula is C21H21ClN4O2. The predicted octanol–water partition coefficient (Wildman–Crippen LogP) is 4.23. The van der Waals surface area contributed by atoms with Gasteiger partial charge < -0.3 is 10.6 Å². The summed E-state index contributed by atoms with van der Waals surface area (Å²) >= 11 is 6.21. The molecule has 0 bridgehead atoms. The van der Waals surface area contributed by atoms with Gasteiger partial charge in [-0.1, -0.05) is 36.7 Å². The van der Waals surface area contributed by atoms with Crippen LogP contribution in [0.25, 0.3) is 5.69 Å². The number of para-hydroxylation sites is 1. The number of benzene rings is 2. The third kappa shape index (κ3) is 4.40. The van der Waals surface area contributed by atoms with Crippen molar-refractivity contribution in [1.82, 2.24) is 15.1 Å². The van der Waals surface area contributed by atoms with E-state index in [9.17, 15) is 9.59 Å². The van der Waals surface area contributed by atoms with Crippen molar-refractivity contribution in [2.24, 2.45) is 0 Å². The van der Waals surface area contributed by atoms with Crippen LogP contribution in [-0.2, 0) is 0 Å². The summed E-state index contributed by atoms with van der Waals surface area (Å²) in [5.74, 6) is -0.539. The fraction of sp³-hybridized carbons (Fsp3) is 0.190. The largest absolute Gasteiger partial charge is 0.352 e. The van der Waals surface area contributed by atoms with E-state index >= 15 is 0 Å². The van der Waals surface area contributed by atoms with Crippen molar-refractivity contribution in [2.45, 2.75) is 20.3 Å². The minimum absolute atomic E-state index is 0.232. The Bertz CT molecular complexity index is 1010. The lowest BCUT2D eigenvalue weighted by atomic mass is 10.2. The SMILES string of the molecule is CCCNC(=O)c1ccc(NC(=O)c2cnn(-c3ccccc3C)c2)cc1Cl. The quantitative estimate of drug-likeness (QED) is 0.654. The van der Waals surface area contributed by atoms with Crippen LogP contribution in [0, 0.1) is 6.92 Å². The highest BCUT2D eigenvalue weighted by atomic mass is 35.5. The molecule has 2 amide bonds. The third-order valence-electron chi connectivity index (χ3n) is 4.21. The predicted molar refractivity (Wildman–Crippen MR) is 110 cm³/mol. The highest BCUT2D eigenvalue weighted by Gasteiger charge is 2.14. The summed E-state index contributed by atoms with van der Waals surface area (Å²) in [4.78, 5) is 24.6. The van der Waals surface area contributed by atoms with Gasteiger partial charge >= 0.3 is 0 Å². The molecule has 1 aromatic heterocycles. The van der Waals surface area contributed by atoms with Crippen molar-refractivity contribution in [3.63, 3.8) is 0 Å². The molecule has 6 nitrogen and oxygen atoms in total. The second kappa shape index (κ2) is 8.71. The number of rotatable bonds is 6. The fourth-order valence-corrected chi connectivity index (χ4v) is 2.97. The summed E-state index contributed by atoms with van der Waals surface area (Å²) < 4.78 is 1.67. The van der Waals surface area contributed by atoms with Crippen LogP contribution < -0.4 is 10.6 Å². The van der Waals surface area contributed by atoms with Gasteiger partial charge in [-0.2, -0.15) is 5.10 Å². The number of carbonyl (C=O) groups excluding carboxylic acids is 2. The van der Waals surface area contributed by atoms with E-state index in [-0.39, 0.29) is 16.8 Å². The van der Waals surface area contributed by atoms with E-state index in [2.05, 4.69) is 15.7 Å². The van der Waals surface area contributed by atoms with Crippen molar-refractivity contribution in [1.29, 1.82) is 0 Å². The molecule has 0 saturated heterocycles. The molecule has 28 heavy (non-hydrogen) atoms. The summed E-state index contributed by atoms with van der Waals surface area (Å²) in [6.07, 6.45) is 4.02. The van der Waals surface area contributed by atoms with Gasteiger partial charge in [0, 0.05) is 18.4 Å². The highest BCUT2D eigenvalue weighted by Crippen LogP contribution is 2.22. The van der Waals surface area contributed by atoms with Crippen LogP contribution >= 0.6 is 11.6 Å². The number of hydrogen-bond acceptors (Lipinski definition) is 3. The second-order valence-electron chi connectivity index (χ2n) is 6.36. The number of aryl methyl sites for hydroxylation is 1. The molecule has 3 aromatic rings. The van der Waals surface area contributed by atoms with E-state index in [0.717, 1.165) is 17.7 Å². The molecule has 7 heteroatoms. The summed E-state index contributed by atoms with van der Waals surface area (Å²) in [6, 6.07) is 12.6. The van der Waals surface area contributed by atoms with Gasteiger partial charge in [-0.3, -0.25) is 9.59 Å². The Morgan fingerprint density at radius 1 is 1.14 bits per heavy atom. The zero-order chi connectivity index (χ0) is 20.1. The van der Waals surface area contributed by atoms with Gasteiger partial charge in [0.2, 0.25) is 0 Å². The van der Waals surface area contributed by atoms with Crippen molar-refractivity contribution < 1.29 is 9.59 Å². The van der Waals surface area contributed by atoms with Gasteiger partial charge in [0.05, 0.1) is 28.0 Å². The van der Waals surface area contributed by atoms with Gasteiger partial charge in [-0.25, -0.2) is 4.68 Å². The lowest BCUT2D eigenvalue weighted by Crippen LogP contribution is -2.24. The zero-order valence-electron chi connectivity index (χ0n) is 15.7. The first-order chi connectivity index (χ1) is 13.5. The minimum Gasteiger partial charge on any atom is -0.352 e. The van der Waals surface area contributed by atoms with Gasteiger partial charge in [-0.05, 0) is 43.2 Å². The van der Waals surface area contributed by atoms with Crippen LogP contribution in [0.5, 0.6) is 0 Å². The Morgan fingerprint density at radius 3 is 2.64 bits per heavy atom. The number of aromatic nitrogens is 2. The lowest BCUT2D eigenvalue weighted by molar-refractivity contribution is 0.0953. The van der Waals surface area contributed by atoms with Gasteiger partial charge in [0.1, 0.15) is 0 Å². The molecule has 0 aliphatic heterocycles. The van der Waals surface area contributed by atoms with Crippen molar-refractivity contribution in [2.75, 3.05) is 11.9 Å². The molecule has 1 heterocycles. The molecule has 0 spiro atoms. The average Bonchev–Trinajstić information content (AvgIpc) is 3.16. The van der Waals surface area contributed by atoms with Gasteiger partial charge in [0.15, 0.2) is 0 Å². The molecule has 0 saturated carbocycles. The molecule has 144 valence electrons. The van der Waals surface area contributed by atoms with Crippen LogP contribution in [0.4, 0.5) is 5.69 Å². The maximum absolute atomic E-state index is 12.5. The maximum atomic E-state index is 12.5. The number of anilines is 1. The van der Waals surface area contributed by atoms with E-state index < -0.39 is 0 Å². The Kier molecular flexibility index (Phi) is 6.11. The molecule has 0 fully saturated rings. The molecule has 0 atom stereocenters. The summed E-state index contributed by atoms with van der Waals surface area (Å²) in [5, 5.41) is 10.1.